The molecule has 92 valence electrons. The van der Waals surface area contributed by atoms with Crippen molar-refractivity contribution < 1.29 is 9.31 Å². The molecule has 0 heterocycles. The van der Waals surface area contributed by atoms with Crippen molar-refractivity contribution in [3.05, 3.63) is 39.7 Å². The van der Waals surface area contributed by atoms with Gasteiger partial charge < -0.3 is 5.32 Å². The summed E-state index contributed by atoms with van der Waals surface area (Å²) < 4.78 is 13.7. The van der Waals surface area contributed by atoms with Crippen LogP contribution in [0.2, 0.25) is 0 Å². The summed E-state index contributed by atoms with van der Waals surface area (Å²) in [5, 5.41) is 13.7. The second-order valence-corrected chi connectivity index (χ2v) is 4.61. The summed E-state index contributed by atoms with van der Waals surface area (Å²) in [4.78, 5) is 9.86. The normalized spacial score (nSPS) is 22.5. The molecule has 2 rings (SSSR count). The molecule has 0 spiro atoms. The predicted octanol–water partition coefficient (Wildman–Crippen LogP) is 2.48. The third kappa shape index (κ3) is 2.79. The molecule has 5 heteroatoms. The minimum absolute atomic E-state index is 0.344. The Kier molecular flexibility index (Phi) is 3.38. The molecule has 1 saturated carbocycles. The van der Waals surface area contributed by atoms with Gasteiger partial charge in [0.25, 0.3) is 0 Å². The summed E-state index contributed by atoms with van der Waals surface area (Å²) in [5.41, 5.74) is -0.100. The Morgan fingerprint density at radius 3 is 2.88 bits per heavy atom. The van der Waals surface area contributed by atoms with Crippen LogP contribution in [0.25, 0.3) is 0 Å². The number of nitro benzene ring substituents is 1. The molecule has 2 atom stereocenters. The second-order valence-electron chi connectivity index (χ2n) is 4.61. The van der Waals surface area contributed by atoms with Crippen LogP contribution in [-0.4, -0.2) is 11.5 Å². The van der Waals surface area contributed by atoms with E-state index in [0.29, 0.717) is 18.0 Å². The Balaban J connectivity index is 1.95. The van der Waals surface area contributed by atoms with Gasteiger partial charge in [-0.15, -0.1) is 0 Å². The smallest absolute Gasteiger partial charge is 0.305 e. The van der Waals surface area contributed by atoms with Gasteiger partial charge >= 0.3 is 5.69 Å². The van der Waals surface area contributed by atoms with Crippen molar-refractivity contribution in [2.75, 3.05) is 6.54 Å². The van der Waals surface area contributed by atoms with Crippen molar-refractivity contribution in [1.29, 1.82) is 0 Å². The number of nitrogens with zero attached hydrogens (tertiary/aromatic N) is 1. The lowest BCUT2D eigenvalue weighted by atomic mass is 10.2. The Labute approximate surface area is 99.0 Å². The third-order valence-electron chi connectivity index (χ3n) is 3.25. The van der Waals surface area contributed by atoms with E-state index in [-0.39, 0.29) is 0 Å². The fourth-order valence-corrected chi connectivity index (χ4v) is 1.92. The average molecular weight is 238 g/mol. The highest BCUT2D eigenvalue weighted by atomic mass is 19.1. The van der Waals surface area contributed by atoms with Crippen LogP contribution < -0.4 is 5.32 Å². The maximum Gasteiger partial charge on any atom is 0.305 e. The molecule has 0 aliphatic heterocycles. The number of nitro groups is 1. The Morgan fingerprint density at radius 1 is 1.59 bits per heavy atom. The van der Waals surface area contributed by atoms with Crippen LogP contribution in [-0.2, 0) is 6.54 Å². The van der Waals surface area contributed by atoms with Crippen LogP contribution in [0.4, 0.5) is 10.1 Å². The zero-order valence-electron chi connectivity index (χ0n) is 9.65. The quantitative estimate of drug-likeness (QED) is 0.633. The fraction of sp³-hybridized carbons (Fsp3) is 0.500. The molecule has 0 bridgehead atoms. The number of rotatable bonds is 5. The fourth-order valence-electron chi connectivity index (χ4n) is 1.92. The maximum absolute atomic E-state index is 13.7. The van der Waals surface area contributed by atoms with Crippen molar-refractivity contribution in [3.63, 3.8) is 0 Å². The molecular formula is C12H15FN2O2. The molecule has 1 fully saturated rings. The lowest BCUT2D eigenvalue weighted by Gasteiger charge is -2.05. The molecule has 4 nitrogen and oxygen atoms in total. The molecule has 1 N–H and O–H groups in total. The van der Waals surface area contributed by atoms with E-state index in [1.165, 1.54) is 18.6 Å². The molecule has 2 unspecified atom stereocenters. The Hall–Kier alpha value is -1.49. The van der Waals surface area contributed by atoms with Crippen molar-refractivity contribution in [1.82, 2.24) is 5.32 Å². The molecule has 17 heavy (non-hydrogen) atoms. The van der Waals surface area contributed by atoms with Crippen molar-refractivity contribution >= 4 is 5.69 Å². The van der Waals surface area contributed by atoms with Crippen LogP contribution in [0, 0.1) is 27.8 Å². The van der Waals surface area contributed by atoms with Gasteiger partial charge in [0.15, 0.2) is 0 Å². The standard InChI is InChI=1S/C12H15FN2O2/c1-8-5-10(8)7-14-6-9-3-2-4-11(12(9)13)15(16)17/h2-4,8,10,14H,5-7H2,1H3. The highest BCUT2D eigenvalue weighted by Gasteiger charge is 2.31. The van der Waals surface area contributed by atoms with Crippen molar-refractivity contribution in [2.24, 2.45) is 11.8 Å². The summed E-state index contributed by atoms with van der Waals surface area (Å²) in [7, 11) is 0. The van der Waals surface area contributed by atoms with Gasteiger partial charge in [-0.1, -0.05) is 19.1 Å². The largest absolute Gasteiger partial charge is 0.312 e. The summed E-state index contributed by atoms with van der Waals surface area (Å²) in [6.45, 7) is 3.38. The zero-order valence-corrected chi connectivity index (χ0v) is 9.65. The third-order valence-corrected chi connectivity index (χ3v) is 3.25. The minimum Gasteiger partial charge on any atom is -0.312 e. The predicted molar refractivity (Wildman–Crippen MR) is 62.0 cm³/mol. The number of hydrogen-bond donors (Lipinski definition) is 1. The maximum atomic E-state index is 13.7. The van der Waals surface area contributed by atoms with Crippen molar-refractivity contribution in [2.45, 2.75) is 19.9 Å². The van der Waals surface area contributed by atoms with E-state index in [1.54, 1.807) is 6.07 Å². The van der Waals surface area contributed by atoms with E-state index >= 15 is 0 Å². The molecule has 1 aromatic carbocycles. The summed E-state index contributed by atoms with van der Waals surface area (Å²) in [6, 6.07) is 4.27. The highest BCUT2D eigenvalue weighted by Crippen LogP contribution is 2.36. The first-order valence-electron chi connectivity index (χ1n) is 5.72. The molecule has 0 amide bonds. The van der Waals surface area contributed by atoms with Gasteiger partial charge in [0.1, 0.15) is 0 Å². The topological polar surface area (TPSA) is 55.2 Å². The zero-order chi connectivity index (χ0) is 12.4. The van der Waals surface area contributed by atoms with Gasteiger partial charge in [0.2, 0.25) is 5.82 Å². The molecule has 1 aliphatic carbocycles. The first kappa shape index (κ1) is 12.0. The molecule has 0 aromatic heterocycles. The molecule has 0 radical (unpaired) electrons. The van der Waals surface area contributed by atoms with Gasteiger partial charge in [-0.05, 0) is 24.8 Å². The number of halogens is 1. The van der Waals surface area contributed by atoms with Crippen LogP contribution in [0.1, 0.15) is 18.9 Å². The average Bonchev–Trinajstić information content (AvgIpc) is 2.97. The van der Waals surface area contributed by atoms with Crippen LogP contribution in [0.5, 0.6) is 0 Å². The summed E-state index contributed by atoms with van der Waals surface area (Å²) >= 11 is 0. The first-order chi connectivity index (χ1) is 8.09. The molecule has 1 aliphatic rings. The van der Waals surface area contributed by atoms with E-state index in [9.17, 15) is 14.5 Å². The van der Waals surface area contributed by atoms with Gasteiger partial charge in [-0.25, -0.2) is 0 Å². The SMILES string of the molecule is CC1CC1CNCc1cccc([N+](=O)[O-])c1F. The van der Waals surface area contributed by atoms with Crippen LogP contribution in [0.3, 0.4) is 0 Å². The van der Waals surface area contributed by atoms with E-state index in [1.807, 2.05) is 0 Å². The molecular weight excluding hydrogens is 223 g/mol. The van der Waals surface area contributed by atoms with Crippen molar-refractivity contribution in [3.8, 4) is 0 Å². The highest BCUT2D eigenvalue weighted by molar-refractivity contribution is 5.36. The lowest BCUT2D eigenvalue weighted by Crippen LogP contribution is -2.17. The monoisotopic (exact) mass is 238 g/mol. The van der Waals surface area contributed by atoms with Crippen LogP contribution in [0.15, 0.2) is 18.2 Å². The van der Waals surface area contributed by atoms with E-state index in [4.69, 9.17) is 0 Å². The Morgan fingerprint density at radius 2 is 2.29 bits per heavy atom. The Bertz CT molecular complexity index is 437. The molecule has 1 aromatic rings. The van der Waals surface area contributed by atoms with E-state index in [0.717, 1.165) is 12.5 Å². The van der Waals surface area contributed by atoms with E-state index < -0.39 is 16.4 Å². The van der Waals surface area contributed by atoms with Crippen LogP contribution >= 0.6 is 0 Å². The van der Waals surface area contributed by atoms with E-state index in [2.05, 4.69) is 12.2 Å². The van der Waals surface area contributed by atoms with Gasteiger partial charge in [0, 0.05) is 18.2 Å². The number of hydrogen-bond acceptors (Lipinski definition) is 3. The van der Waals surface area contributed by atoms with Gasteiger partial charge in [-0.2, -0.15) is 4.39 Å². The number of nitrogens with one attached hydrogen (secondary N) is 1. The van der Waals surface area contributed by atoms with Gasteiger partial charge in [-0.3, -0.25) is 10.1 Å². The molecule has 0 saturated heterocycles. The minimum atomic E-state index is -0.728. The van der Waals surface area contributed by atoms with Gasteiger partial charge in [0.05, 0.1) is 4.92 Å². The second kappa shape index (κ2) is 4.79. The lowest BCUT2D eigenvalue weighted by molar-refractivity contribution is -0.387. The number of benzene rings is 1. The summed E-state index contributed by atoms with van der Waals surface area (Å²) in [5.74, 6) is 0.697. The first-order valence-corrected chi connectivity index (χ1v) is 5.72. The summed E-state index contributed by atoms with van der Waals surface area (Å²) in [6.07, 6.45) is 1.21.